The van der Waals surface area contributed by atoms with Gasteiger partial charge in [0.15, 0.2) is 5.79 Å². The van der Waals surface area contributed by atoms with Gasteiger partial charge in [-0.2, -0.15) is 0 Å². The van der Waals surface area contributed by atoms with Crippen LogP contribution in [0.5, 0.6) is 0 Å². The quantitative estimate of drug-likeness (QED) is 0.850. The van der Waals surface area contributed by atoms with Crippen molar-refractivity contribution in [1.82, 2.24) is 10.2 Å². The Hall–Kier alpha value is -0.650. The van der Waals surface area contributed by atoms with E-state index in [4.69, 9.17) is 9.47 Å². The molecule has 1 heterocycles. The smallest absolute Gasteiger partial charge is 0.237 e. The van der Waals surface area contributed by atoms with Crippen molar-refractivity contribution >= 4 is 5.91 Å². The molecule has 0 aromatic rings. The number of hydrogen-bond donors (Lipinski definition) is 1. The van der Waals surface area contributed by atoms with Crippen molar-refractivity contribution in [3.05, 3.63) is 0 Å². The normalized spacial score (nSPS) is 24.5. The first-order chi connectivity index (χ1) is 9.43. The molecule has 2 fully saturated rings. The maximum Gasteiger partial charge on any atom is 0.237 e. The van der Waals surface area contributed by atoms with E-state index >= 15 is 0 Å². The Bertz CT molecular complexity index is 330. The predicted molar refractivity (Wildman–Crippen MR) is 77.4 cm³/mol. The zero-order valence-electron chi connectivity index (χ0n) is 13.1. The second-order valence-electron chi connectivity index (χ2n) is 6.34. The molecule has 1 amide bonds. The molecule has 1 unspecified atom stereocenters. The number of nitrogens with zero attached hydrogens (tertiary/aromatic N) is 1. The number of carbonyl (C=O) groups excluding carboxylic acids is 1. The molecule has 1 saturated carbocycles. The van der Waals surface area contributed by atoms with Crippen LogP contribution in [0.3, 0.4) is 0 Å². The van der Waals surface area contributed by atoms with Crippen molar-refractivity contribution in [3.8, 4) is 0 Å². The van der Waals surface area contributed by atoms with E-state index in [0.717, 1.165) is 25.7 Å². The third kappa shape index (κ3) is 3.51. The topological polar surface area (TPSA) is 50.8 Å². The summed E-state index contributed by atoms with van der Waals surface area (Å²) >= 11 is 0. The molecule has 2 aliphatic rings. The van der Waals surface area contributed by atoms with E-state index in [9.17, 15) is 4.79 Å². The fourth-order valence-corrected chi connectivity index (χ4v) is 3.14. The van der Waals surface area contributed by atoms with Gasteiger partial charge in [0.1, 0.15) is 0 Å². The summed E-state index contributed by atoms with van der Waals surface area (Å²) in [6, 6.07) is 0.525. The number of nitrogens with one attached hydrogen (secondary N) is 1. The van der Waals surface area contributed by atoms with Crippen LogP contribution >= 0.6 is 0 Å². The van der Waals surface area contributed by atoms with E-state index in [1.54, 1.807) is 0 Å². The number of rotatable bonds is 4. The molecule has 116 valence electrons. The van der Waals surface area contributed by atoms with E-state index in [1.807, 2.05) is 27.8 Å². The number of carbonyl (C=O) groups is 1. The van der Waals surface area contributed by atoms with E-state index in [-0.39, 0.29) is 23.8 Å². The molecular formula is C15H28N2O3. The molecule has 1 saturated heterocycles. The molecule has 5 heteroatoms. The van der Waals surface area contributed by atoms with Gasteiger partial charge in [-0.15, -0.1) is 0 Å². The molecule has 5 nitrogen and oxygen atoms in total. The Morgan fingerprint density at radius 3 is 2.25 bits per heavy atom. The number of hydrogen-bond acceptors (Lipinski definition) is 4. The number of amides is 1. The van der Waals surface area contributed by atoms with E-state index in [0.29, 0.717) is 19.3 Å². The van der Waals surface area contributed by atoms with Gasteiger partial charge in [-0.05, 0) is 40.7 Å². The number of likely N-dealkylation sites (N-methyl/N-ethyl adjacent to an activating group) is 1. The summed E-state index contributed by atoms with van der Waals surface area (Å²) in [6.45, 7) is 7.39. The summed E-state index contributed by atoms with van der Waals surface area (Å²) in [5, 5.41) is 2.98. The van der Waals surface area contributed by atoms with Crippen LogP contribution in [0.2, 0.25) is 0 Å². The monoisotopic (exact) mass is 284 g/mol. The first-order valence-corrected chi connectivity index (χ1v) is 7.74. The molecule has 0 aromatic carbocycles. The maximum atomic E-state index is 12.1. The first-order valence-electron chi connectivity index (χ1n) is 7.74. The highest BCUT2D eigenvalue weighted by Crippen LogP contribution is 2.37. The molecule has 1 aliphatic heterocycles. The third-order valence-corrected chi connectivity index (χ3v) is 4.53. The van der Waals surface area contributed by atoms with Crippen LogP contribution in [0.15, 0.2) is 0 Å². The largest absolute Gasteiger partial charge is 0.353 e. The molecule has 1 aliphatic carbocycles. The van der Waals surface area contributed by atoms with Crippen LogP contribution in [0.1, 0.15) is 46.5 Å². The van der Waals surface area contributed by atoms with Crippen LogP contribution in [-0.2, 0) is 14.3 Å². The van der Waals surface area contributed by atoms with Crippen LogP contribution < -0.4 is 5.32 Å². The lowest BCUT2D eigenvalue weighted by molar-refractivity contribution is -0.184. The van der Waals surface area contributed by atoms with Crippen LogP contribution in [0.25, 0.3) is 0 Å². The molecular weight excluding hydrogens is 256 g/mol. The van der Waals surface area contributed by atoms with Gasteiger partial charge in [-0.1, -0.05) is 0 Å². The number of ether oxygens (including phenoxy) is 2. The van der Waals surface area contributed by atoms with Gasteiger partial charge in [-0.3, -0.25) is 9.69 Å². The molecule has 1 spiro atoms. The lowest BCUT2D eigenvalue weighted by Crippen LogP contribution is -2.51. The fraction of sp³-hybridized carbons (Fsp3) is 0.933. The SMILES string of the molecule is CC(C)NC(=O)C(C)N(C)C1CCC2(CC1)OCCO2. The summed E-state index contributed by atoms with van der Waals surface area (Å²) in [6.07, 6.45) is 3.91. The van der Waals surface area contributed by atoms with Gasteiger partial charge in [0.25, 0.3) is 0 Å². The molecule has 20 heavy (non-hydrogen) atoms. The van der Waals surface area contributed by atoms with Crippen LogP contribution in [0, 0.1) is 0 Å². The maximum absolute atomic E-state index is 12.1. The highest BCUT2D eigenvalue weighted by Gasteiger charge is 2.41. The molecule has 0 radical (unpaired) electrons. The fourth-order valence-electron chi connectivity index (χ4n) is 3.14. The summed E-state index contributed by atoms with van der Waals surface area (Å²) in [5.74, 6) is -0.211. The summed E-state index contributed by atoms with van der Waals surface area (Å²) in [4.78, 5) is 14.3. The summed E-state index contributed by atoms with van der Waals surface area (Å²) < 4.78 is 11.5. The second-order valence-corrected chi connectivity index (χ2v) is 6.34. The van der Waals surface area contributed by atoms with Crippen molar-refractivity contribution < 1.29 is 14.3 Å². The van der Waals surface area contributed by atoms with Crippen LogP contribution in [0.4, 0.5) is 0 Å². The van der Waals surface area contributed by atoms with E-state index < -0.39 is 0 Å². The molecule has 1 N–H and O–H groups in total. The highest BCUT2D eigenvalue weighted by atomic mass is 16.7. The van der Waals surface area contributed by atoms with Crippen molar-refractivity contribution in [2.75, 3.05) is 20.3 Å². The second kappa shape index (κ2) is 6.41. The predicted octanol–water partition coefficient (Wildman–Crippen LogP) is 1.52. The third-order valence-electron chi connectivity index (χ3n) is 4.53. The van der Waals surface area contributed by atoms with Gasteiger partial charge in [-0.25, -0.2) is 0 Å². The molecule has 0 aromatic heterocycles. The van der Waals surface area contributed by atoms with Gasteiger partial charge in [0.05, 0.1) is 19.3 Å². The lowest BCUT2D eigenvalue weighted by atomic mass is 9.88. The standard InChI is InChI=1S/C15H28N2O3/c1-11(2)16-14(18)12(3)17(4)13-5-7-15(8-6-13)19-9-10-20-15/h11-13H,5-10H2,1-4H3,(H,16,18). The molecule has 1 atom stereocenters. The van der Waals surface area contributed by atoms with E-state index in [2.05, 4.69) is 10.2 Å². The first kappa shape index (κ1) is 15.7. The Morgan fingerprint density at radius 1 is 1.20 bits per heavy atom. The Labute approximate surface area is 122 Å². The summed E-state index contributed by atoms with van der Waals surface area (Å²) in [5.41, 5.74) is 0. The Kier molecular flexibility index (Phi) is 5.04. The van der Waals surface area contributed by atoms with Crippen LogP contribution in [-0.4, -0.2) is 55.0 Å². The van der Waals surface area contributed by atoms with Gasteiger partial charge in [0, 0.05) is 24.9 Å². The minimum Gasteiger partial charge on any atom is -0.353 e. The Balaban J connectivity index is 1.84. The zero-order valence-corrected chi connectivity index (χ0v) is 13.1. The van der Waals surface area contributed by atoms with Crippen molar-refractivity contribution in [1.29, 1.82) is 0 Å². The van der Waals surface area contributed by atoms with Crippen molar-refractivity contribution in [2.45, 2.75) is 70.4 Å². The molecule has 0 bridgehead atoms. The average molecular weight is 284 g/mol. The van der Waals surface area contributed by atoms with Gasteiger partial charge < -0.3 is 14.8 Å². The zero-order chi connectivity index (χ0) is 14.8. The Morgan fingerprint density at radius 2 is 1.75 bits per heavy atom. The lowest BCUT2D eigenvalue weighted by Gasteiger charge is -2.40. The van der Waals surface area contributed by atoms with Gasteiger partial charge in [0.2, 0.25) is 5.91 Å². The minimum absolute atomic E-state index is 0.0955. The minimum atomic E-state index is -0.319. The van der Waals surface area contributed by atoms with Crippen molar-refractivity contribution in [2.24, 2.45) is 0 Å². The molecule has 2 rings (SSSR count). The average Bonchev–Trinajstić information content (AvgIpc) is 2.85. The summed E-state index contributed by atoms with van der Waals surface area (Å²) in [7, 11) is 2.05. The van der Waals surface area contributed by atoms with Gasteiger partial charge >= 0.3 is 0 Å². The van der Waals surface area contributed by atoms with Crippen molar-refractivity contribution in [3.63, 3.8) is 0 Å². The van der Waals surface area contributed by atoms with E-state index in [1.165, 1.54) is 0 Å². The highest BCUT2D eigenvalue weighted by molar-refractivity contribution is 5.81.